The van der Waals surface area contributed by atoms with E-state index in [0.29, 0.717) is 5.15 Å². The maximum Gasteiger partial charge on any atom is 0.147 e. The van der Waals surface area contributed by atoms with E-state index in [-0.39, 0.29) is 12.9 Å². The highest BCUT2D eigenvalue weighted by molar-refractivity contribution is 14.1. The van der Waals surface area contributed by atoms with Gasteiger partial charge in [-0.2, -0.15) is 0 Å². The maximum atomic E-state index is 5.81. The van der Waals surface area contributed by atoms with Crippen molar-refractivity contribution in [1.82, 2.24) is 4.98 Å². The number of ether oxygens (including phenoxy) is 2. The topological polar surface area (TPSA) is 31.4 Å². The molecule has 78 valence electrons. The average Bonchev–Trinajstić information content (AvgIpc) is 2.18. The van der Waals surface area contributed by atoms with E-state index in [4.69, 9.17) is 21.1 Å². The van der Waals surface area contributed by atoms with Gasteiger partial charge in [0.2, 0.25) is 0 Å². The minimum atomic E-state index is -0.0340. The summed E-state index contributed by atoms with van der Waals surface area (Å²) in [5.41, 5.74) is 0.996. The molecule has 0 aromatic carbocycles. The summed E-state index contributed by atoms with van der Waals surface area (Å²) in [7, 11) is 1.59. The van der Waals surface area contributed by atoms with Gasteiger partial charge in [-0.3, -0.25) is 0 Å². The molecule has 0 saturated carbocycles. The van der Waals surface area contributed by atoms with Gasteiger partial charge in [0.05, 0.1) is 9.67 Å². The van der Waals surface area contributed by atoms with Crippen molar-refractivity contribution in [2.75, 3.05) is 13.9 Å². The molecule has 0 fully saturated rings. The van der Waals surface area contributed by atoms with E-state index >= 15 is 0 Å². The van der Waals surface area contributed by atoms with Crippen LogP contribution in [0.25, 0.3) is 0 Å². The van der Waals surface area contributed by atoms with Crippen molar-refractivity contribution in [1.29, 1.82) is 0 Å². The lowest BCUT2D eigenvalue weighted by atomic mass is 10.2. The molecule has 0 bridgehead atoms. The summed E-state index contributed by atoms with van der Waals surface area (Å²) in [6.45, 7) is 2.22. The molecule has 0 aliphatic heterocycles. The smallest absolute Gasteiger partial charge is 0.147 e. The summed E-state index contributed by atoms with van der Waals surface area (Å²) in [6, 6.07) is 1.95. The third kappa shape index (κ3) is 3.34. The van der Waals surface area contributed by atoms with Gasteiger partial charge in [-0.15, -0.1) is 0 Å². The molecule has 14 heavy (non-hydrogen) atoms. The molecule has 0 aliphatic carbocycles. The van der Waals surface area contributed by atoms with Gasteiger partial charge < -0.3 is 9.47 Å². The number of rotatable bonds is 4. The predicted molar refractivity (Wildman–Crippen MR) is 63.3 cm³/mol. The minimum Gasteiger partial charge on any atom is -0.359 e. The molecule has 1 atom stereocenters. The molecular formula is C9H11ClINO2. The normalized spacial score (nSPS) is 12.9. The molecule has 5 heteroatoms. The van der Waals surface area contributed by atoms with Crippen LogP contribution in [0.1, 0.15) is 18.6 Å². The molecular weight excluding hydrogens is 316 g/mol. The summed E-state index contributed by atoms with van der Waals surface area (Å²) >= 11 is 7.95. The zero-order valence-electron chi connectivity index (χ0n) is 7.96. The summed E-state index contributed by atoms with van der Waals surface area (Å²) in [6.07, 6.45) is 1.68. The monoisotopic (exact) mass is 327 g/mol. The third-order valence-corrected chi connectivity index (χ3v) is 3.17. The molecule has 1 aromatic rings. The van der Waals surface area contributed by atoms with E-state index in [2.05, 4.69) is 27.6 Å². The number of halogens is 2. The second-order valence-corrected chi connectivity index (χ2v) is 4.28. The van der Waals surface area contributed by atoms with Crippen molar-refractivity contribution in [2.24, 2.45) is 0 Å². The number of pyridine rings is 1. The van der Waals surface area contributed by atoms with Crippen LogP contribution < -0.4 is 0 Å². The first kappa shape index (κ1) is 12.2. The van der Waals surface area contributed by atoms with Crippen molar-refractivity contribution in [2.45, 2.75) is 13.0 Å². The first-order chi connectivity index (χ1) is 6.65. The highest BCUT2D eigenvalue weighted by atomic mass is 127. The Bertz CT molecular complexity index is 309. The van der Waals surface area contributed by atoms with Crippen molar-refractivity contribution in [3.63, 3.8) is 0 Å². The second-order valence-electron chi connectivity index (χ2n) is 2.76. The molecule has 1 aromatic heterocycles. The molecule has 0 saturated heterocycles. The van der Waals surface area contributed by atoms with E-state index in [1.54, 1.807) is 13.3 Å². The Labute approximate surface area is 102 Å². The fourth-order valence-electron chi connectivity index (χ4n) is 0.925. The van der Waals surface area contributed by atoms with Crippen molar-refractivity contribution >= 4 is 34.2 Å². The molecule has 0 aliphatic rings. The molecule has 0 amide bonds. The van der Waals surface area contributed by atoms with Crippen LogP contribution in [0.2, 0.25) is 5.15 Å². The fourth-order valence-corrected chi connectivity index (χ4v) is 1.53. The first-order valence-electron chi connectivity index (χ1n) is 4.06. The van der Waals surface area contributed by atoms with Gasteiger partial charge in [-0.25, -0.2) is 4.98 Å². The summed E-state index contributed by atoms with van der Waals surface area (Å²) < 4.78 is 11.1. The van der Waals surface area contributed by atoms with Gasteiger partial charge in [0.1, 0.15) is 11.9 Å². The third-order valence-electron chi connectivity index (χ3n) is 1.72. The van der Waals surface area contributed by atoms with Gasteiger partial charge in [0.25, 0.3) is 0 Å². The van der Waals surface area contributed by atoms with Crippen LogP contribution in [0, 0.1) is 3.57 Å². The Morgan fingerprint density at radius 3 is 2.93 bits per heavy atom. The lowest BCUT2D eigenvalue weighted by molar-refractivity contribution is -0.0667. The summed E-state index contributed by atoms with van der Waals surface area (Å²) in [4.78, 5) is 4.04. The molecule has 1 unspecified atom stereocenters. The zero-order chi connectivity index (χ0) is 10.6. The number of nitrogens with zero attached hydrogens (tertiary/aromatic N) is 1. The molecule has 1 heterocycles. The van der Waals surface area contributed by atoms with Gasteiger partial charge >= 0.3 is 0 Å². The van der Waals surface area contributed by atoms with Crippen LogP contribution >= 0.6 is 34.2 Å². The van der Waals surface area contributed by atoms with Gasteiger partial charge in [0, 0.05) is 18.9 Å². The Morgan fingerprint density at radius 2 is 2.36 bits per heavy atom. The SMILES string of the molecule is COCOC(C)c1cnc(Cl)c(I)c1. The number of methoxy groups -OCH3 is 1. The van der Waals surface area contributed by atoms with E-state index in [0.717, 1.165) is 9.13 Å². The molecule has 0 N–H and O–H groups in total. The van der Waals surface area contributed by atoms with Crippen LogP contribution in [-0.2, 0) is 9.47 Å². The Kier molecular flexibility index (Phi) is 5.08. The van der Waals surface area contributed by atoms with Gasteiger partial charge in [-0.1, -0.05) is 11.6 Å². The average molecular weight is 328 g/mol. The standard InChI is InChI=1S/C9H11ClINO2/c1-6(14-5-13-2)7-3-8(11)9(10)12-4-7/h3-4,6H,5H2,1-2H3. The van der Waals surface area contributed by atoms with E-state index in [1.165, 1.54) is 0 Å². The Morgan fingerprint density at radius 1 is 1.64 bits per heavy atom. The molecule has 1 rings (SSSR count). The lowest BCUT2D eigenvalue weighted by Gasteiger charge is -2.12. The van der Waals surface area contributed by atoms with Crippen molar-refractivity contribution in [3.8, 4) is 0 Å². The quantitative estimate of drug-likeness (QED) is 0.484. The molecule has 0 spiro atoms. The van der Waals surface area contributed by atoms with E-state index in [1.807, 2.05) is 13.0 Å². The van der Waals surface area contributed by atoms with Crippen LogP contribution in [-0.4, -0.2) is 18.9 Å². The number of hydrogen-bond donors (Lipinski definition) is 0. The summed E-state index contributed by atoms with van der Waals surface area (Å²) in [5.74, 6) is 0. The zero-order valence-corrected chi connectivity index (χ0v) is 10.9. The van der Waals surface area contributed by atoms with Crippen LogP contribution in [0.15, 0.2) is 12.3 Å². The number of aromatic nitrogens is 1. The summed E-state index contributed by atoms with van der Waals surface area (Å²) in [5, 5.41) is 0.522. The number of hydrogen-bond acceptors (Lipinski definition) is 3. The highest BCUT2D eigenvalue weighted by Gasteiger charge is 2.08. The van der Waals surface area contributed by atoms with Crippen LogP contribution in [0.3, 0.4) is 0 Å². The fraction of sp³-hybridized carbons (Fsp3) is 0.444. The van der Waals surface area contributed by atoms with E-state index < -0.39 is 0 Å². The predicted octanol–water partition coefficient (Wildman–Crippen LogP) is 3.02. The second kappa shape index (κ2) is 5.85. The van der Waals surface area contributed by atoms with Crippen molar-refractivity contribution in [3.05, 3.63) is 26.5 Å². The Balaban J connectivity index is 2.70. The van der Waals surface area contributed by atoms with Crippen LogP contribution in [0.5, 0.6) is 0 Å². The highest BCUT2D eigenvalue weighted by Crippen LogP contribution is 2.22. The molecule has 3 nitrogen and oxygen atoms in total. The van der Waals surface area contributed by atoms with Crippen LogP contribution in [0.4, 0.5) is 0 Å². The minimum absolute atomic E-state index is 0.0340. The largest absolute Gasteiger partial charge is 0.359 e. The Hall–Kier alpha value is 0.0900. The van der Waals surface area contributed by atoms with E-state index in [9.17, 15) is 0 Å². The van der Waals surface area contributed by atoms with Gasteiger partial charge in [0.15, 0.2) is 0 Å². The first-order valence-corrected chi connectivity index (χ1v) is 5.52. The van der Waals surface area contributed by atoms with Gasteiger partial charge in [-0.05, 0) is 35.6 Å². The van der Waals surface area contributed by atoms with Crippen molar-refractivity contribution < 1.29 is 9.47 Å². The maximum absolute atomic E-state index is 5.81. The lowest BCUT2D eigenvalue weighted by Crippen LogP contribution is -2.03. The molecule has 0 radical (unpaired) electrons.